The number of hydrogen-bond donors (Lipinski definition) is 4. The number of anilines is 1. The number of aliphatic hydroxyl groups excluding tert-OH is 1. The lowest BCUT2D eigenvalue weighted by Gasteiger charge is -2.60. The Kier molecular flexibility index (Phi) is 12.2. The number of hydrogen-bond acceptors (Lipinski definition) is 8. The Hall–Kier alpha value is -4.13. The quantitative estimate of drug-likeness (QED) is 0.170. The van der Waals surface area contributed by atoms with Crippen LogP contribution in [-0.2, 0) is 22.6 Å². The van der Waals surface area contributed by atoms with Gasteiger partial charge in [-0.05, 0) is 86.9 Å². The Labute approximate surface area is 325 Å². The van der Waals surface area contributed by atoms with Gasteiger partial charge >= 0.3 is 0 Å². The average Bonchev–Trinajstić information content (AvgIpc) is 3.51. The number of aliphatic hydroxyl groups is 1. The molecule has 3 aromatic carbocycles. The van der Waals surface area contributed by atoms with Crippen molar-refractivity contribution in [2.75, 3.05) is 46.2 Å². The van der Waals surface area contributed by atoms with Crippen LogP contribution in [0.3, 0.4) is 0 Å². The van der Waals surface area contributed by atoms with E-state index in [0.717, 1.165) is 29.7 Å². The first-order chi connectivity index (χ1) is 26.1. The lowest BCUT2D eigenvalue weighted by molar-refractivity contribution is -0.174. The van der Waals surface area contributed by atoms with Crippen LogP contribution in [0.1, 0.15) is 55.1 Å². The van der Waals surface area contributed by atoms with E-state index in [1.165, 1.54) is 5.06 Å². The molecule has 4 fully saturated rings. The summed E-state index contributed by atoms with van der Waals surface area (Å²) in [6, 6.07) is 19.3. The van der Waals surface area contributed by atoms with Gasteiger partial charge in [0.05, 0.1) is 24.8 Å². The fourth-order valence-electron chi connectivity index (χ4n) is 9.07. The van der Waals surface area contributed by atoms with Crippen molar-refractivity contribution >= 4 is 17.5 Å². The number of rotatable bonds is 14. The van der Waals surface area contributed by atoms with Gasteiger partial charge in [-0.3, -0.25) is 14.4 Å². The average molecular weight is 755 g/mol. The van der Waals surface area contributed by atoms with E-state index >= 15 is 4.39 Å². The fourth-order valence-corrected chi connectivity index (χ4v) is 9.07. The van der Waals surface area contributed by atoms with Gasteiger partial charge in [0.25, 0.3) is 5.91 Å². The number of nitrogens with two attached hydrogens (primary N) is 1. The number of amides is 2. The predicted octanol–water partition coefficient (Wildman–Crippen LogP) is 5.01. The molecular formula is C44H59FN6O4. The van der Waals surface area contributed by atoms with Crippen molar-refractivity contribution in [1.82, 2.24) is 20.6 Å². The molecule has 0 aromatic heterocycles. The zero-order valence-electron chi connectivity index (χ0n) is 33.4. The van der Waals surface area contributed by atoms with Gasteiger partial charge in [0.2, 0.25) is 5.91 Å². The van der Waals surface area contributed by atoms with Crippen LogP contribution in [0, 0.1) is 29.0 Å². The molecule has 5 N–H and O–H groups in total. The minimum absolute atomic E-state index is 0.0617. The zero-order chi connectivity index (χ0) is 39.8. The summed E-state index contributed by atoms with van der Waals surface area (Å²) in [5.41, 5.74) is 10.8. The molecular weight excluding hydrogens is 696 g/mol. The summed E-state index contributed by atoms with van der Waals surface area (Å²) < 4.78 is 16.8. The highest BCUT2D eigenvalue weighted by atomic mass is 19.1. The van der Waals surface area contributed by atoms with E-state index in [1.54, 1.807) is 31.2 Å². The van der Waals surface area contributed by atoms with Crippen molar-refractivity contribution in [3.05, 3.63) is 101 Å². The second-order valence-electron chi connectivity index (χ2n) is 17.0. The molecule has 2 bridgehead atoms. The summed E-state index contributed by atoms with van der Waals surface area (Å²) in [7, 11) is 7.71. The van der Waals surface area contributed by atoms with Gasteiger partial charge in [0, 0.05) is 61.5 Å². The van der Waals surface area contributed by atoms with Gasteiger partial charge in [0.1, 0.15) is 11.9 Å². The number of halogens is 1. The molecule has 7 rings (SSSR count). The van der Waals surface area contributed by atoms with E-state index in [4.69, 9.17) is 10.6 Å². The number of hydroxylamine groups is 2. The third kappa shape index (κ3) is 8.51. The van der Waals surface area contributed by atoms with Gasteiger partial charge in [-0.2, -0.15) is 5.06 Å². The molecule has 1 aliphatic heterocycles. The number of nitrogens with one attached hydrogen (secondary N) is 2. The Morgan fingerprint density at radius 3 is 2.42 bits per heavy atom. The number of benzene rings is 3. The van der Waals surface area contributed by atoms with Gasteiger partial charge < -0.3 is 31.3 Å². The number of fused-ring (bicyclic) bond motifs is 2. The van der Waals surface area contributed by atoms with E-state index in [0.29, 0.717) is 47.1 Å². The molecule has 296 valence electrons. The number of likely N-dealkylation sites (N-methyl/N-ethyl adjacent to an activating group) is 1. The minimum atomic E-state index is -0.908. The molecule has 10 nitrogen and oxygen atoms in total. The summed E-state index contributed by atoms with van der Waals surface area (Å²) in [5, 5.41) is 18.8. The van der Waals surface area contributed by atoms with E-state index < -0.39 is 30.0 Å². The Bertz CT molecular complexity index is 1870. The fraction of sp³-hybridized carbons (Fsp3) is 0.500. The minimum Gasteiger partial charge on any atom is -0.393 e. The highest BCUT2D eigenvalue weighted by Gasteiger charge is 2.56. The van der Waals surface area contributed by atoms with Crippen LogP contribution in [-0.4, -0.2) is 98.5 Å². The number of nitrogens with zero attached hydrogens (tertiary/aromatic N) is 3. The normalized spacial score (nSPS) is 25.6. The maximum absolute atomic E-state index is 16.8. The summed E-state index contributed by atoms with van der Waals surface area (Å²) >= 11 is 0. The van der Waals surface area contributed by atoms with Crippen molar-refractivity contribution in [1.29, 1.82) is 0 Å². The number of carbonyl (C=O) groups is 2. The molecule has 2 amide bonds. The molecule has 1 saturated heterocycles. The molecule has 0 radical (unpaired) electrons. The van der Waals surface area contributed by atoms with Crippen molar-refractivity contribution < 1.29 is 23.9 Å². The van der Waals surface area contributed by atoms with Crippen LogP contribution < -0.4 is 21.3 Å². The third-order valence-electron chi connectivity index (χ3n) is 12.3. The zero-order valence-corrected chi connectivity index (χ0v) is 33.4. The van der Waals surface area contributed by atoms with E-state index in [9.17, 15) is 14.7 Å². The van der Waals surface area contributed by atoms with Crippen LogP contribution >= 0.6 is 0 Å². The Balaban J connectivity index is 1.26. The monoisotopic (exact) mass is 754 g/mol. The van der Waals surface area contributed by atoms with E-state index in [-0.39, 0.29) is 42.4 Å². The summed E-state index contributed by atoms with van der Waals surface area (Å²) in [6.45, 7) is 11.2. The Morgan fingerprint density at radius 1 is 1.07 bits per heavy atom. The van der Waals surface area contributed by atoms with Crippen molar-refractivity contribution in [2.45, 2.75) is 76.9 Å². The maximum atomic E-state index is 16.8. The van der Waals surface area contributed by atoms with Gasteiger partial charge in [-0.1, -0.05) is 74.5 Å². The SMILES string of the molecule is C=C1[C@@H](NC(=O)[C@@H]2[C@H]([C@H](C)O)[C@H](CN)ON2Cc2cccc(-c3cc(C(=O)N[C@@H](Cc4ccccc4)CN(C)C)cc(N(C)C)c3)c2F)C[C@H]2C[C@@H]1C2(C)C. The molecule has 0 spiro atoms. The first-order valence-electron chi connectivity index (χ1n) is 19.5. The lowest BCUT2D eigenvalue weighted by atomic mass is 9.46. The maximum Gasteiger partial charge on any atom is 0.251 e. The van der Waals surface area contributed by atoms with Crippen molar-refractivity contribution in [3.63, 3.8) is 0 Å². The largest absolute Gasteiger partial charge is 0.393 e. The Morgan fingerprint density at radius 2 is 1.80 bits per heavy atom. The van der Waals surface area contributed by atoms with Crippen molar-refractivity contribution in [3.8, 4) is 11.1 Å². The van der Waals surface area contributed by atoms with E-state index in [1.807, 2.05) is 80.5 Å². The molecule has 0 unspecified atom stereocenters. The lowest BCUT2D eigenvalue weighted by Crippen LogP contribution is -2.59. The van der Waals surface area contributed by atoms with Gasteiger partial charge in [0.15, 0.2) is 0 Å². The molecule has 8 atom stereocenters. The standard InChI is InChI=1S/C44H59FN6O4/c1-26-36-21-32(44(36,3)4)22-37(26)48-43(54)41-39(27(2)52)38(23-46)55-51(41)24-29-15-12-16-35(40(29)45)30-18-31(20-34(19-30)50(7)8)42(53)47-33(25-49(5)6)17-28-13-10-9-11-14-28/h9-16,18-20,27,32-33,36-39,41,52H,1,17,21-25,46H2,2-8H3,(H,47,53)(H,48,54)/t27-,32+,33-,36-,37-,38-,39+,41-/m0/s1. The molecule has 55 heavy (non-hydrogen) atoms. The van der Waals surface area contributed by atoms with Crippen LogP contribution in [0.2, 0.25) is 0 Å². The molecule has 3 aromatic rings. The smallest absolute Gasteiger partial charge is 0.251 e. The van der Waals surface area contributed by atoms with Crippen LogP contribution in [0.25, 0.3) is 11.1 Å². The summed E-state index contributed by atoms with van der Waals surface area (Å²) in [6.07, 6.45) is 1.02. The highest BCUT2D eigenvalue weighted by Crippen LogP contribution is 2.60. The topological polar surface area (TPSA) is 123 Å². The molecule has 4 aliphatic rings. The second kappa shape index (κ2) is 16.5. The molecule has 11 heteroatoms. The van der Waals surface area contributed by atoms with E-state index in [2.05, 4.69) is 31.1 Å². The molecule has 1 heterocycles. The first kappa shape index (κ1) is 40.5. The molecule has 3 saturated carbocycles. The third-order valence-corrected chi connectivity index (χ3v) is 12.3. The van der Waals surface area contributed by atoms with Gasteiger partial charge in [-0.25, -0.2) is 4.39 Å². The van der Waals surface area contributed by atoms with Crippen molar-refractivity contribution in [2.24, 2.45) is 28.9 Å². The van der Waals surface area contributed by atoms with Crippen LogP contribution in [0.4, 0.5) is 10.1 Å². The molecule has 3 aliphatic carbocycles. The first-order valence-corrected chi connectivity index (χ1v) is 19.5. The van der Waals surface area contributed by atoms with Crippen LogP contribution in [0.15, 0.2) is 78.9 Å². The highest BCUT2D eigenvalue weighted by molar-refractivity contribution is 5.97. The number of carbonyl (C=O) groups excluding carboxylic acids is 2. The van der Waals surface area contributed by atoms with Gasteiger partial charge in [-0.15, -0.1) is 0 Å². The van der Waals surface area contributed by atoms with Crippen LogP contribution in [0.5, 0.6) is 0 Å². The summed E-state index contributed by atoms with van der Waals surface area (Å²) in [4.78, 5) is 38.2. The summed E-state index contributed by atoms with van der Waals surface area (Å²) in [5.74, 6) is -0.818. The second-order valence-corrected chi connectivity index (χ2v) is 17.0. The predicted molar refractivity (Wildman–Crippen MR) is 216 cm³/mol.